The number of hydrogen-bond donors (Lipinski definition) is 2. The van der Waals surface area contributed by atoms with E-state index in [1.165, 1.54) is 6.07 Å². The molecule has 0 aliphatic heterocycles. The number of aromatic nitrogens is 2. The molecule has 0 radical (unpaired) electrons. The SMILES string of the molecule is CCCOCCNCc1cc(S(C)(=O)=O)ccc1C(=O)Nc1ccc(-c2cn3ccccc3n2)cc1. The second-order valence-corrected chi connectivity index (χ2v) is 10.5. The van der Waals surface area contributed by atoms with Gasteiger partial charge in [-0.15, -0.1) is 0 Å². The molecule has 0 saturated heterocycles. The van der Waals surface area contributed by atoms with Gasteiger partial charge in [-0.2, -0.15) is 0 Å². The molecule has 9 heteroatoms. The number of benzene rings is 2. The molecule has 0 unspecified atom stereocenters. The second-order valence-electron chi connectivity index (χ2n) is 8.50. The molecule has 36 heavy (non-hydrogen) atoms. The first-order valence-electron chi connectivity index (χ1n) is 11.8. The summed E-state index contributed by atoms with van der Waals surface area (Å²) < 4.78 is 31.6. The Morgan fingerprint density at radius 3 is 2.58 bits per heavy atom. The summed E-state index contributed by atoms with van der Waals surface area (Å²) in [5, 5.41) is 6.14. The summed E-state index contributed by atoms with van der Waals surface area (Å²) in [6.07, 6.45) is 6.00. The zero-order chi connectivity index (χ0) is 25.5. The Morgan fingerprint density at radius 2 is 1.86 bits per heavy atom. The third kappa shape index (κ3) is 6.37. The number of nitrogens with one attached hydrogen (secondary N) is 2. The van der Waals surface area contributed by atoms with Gasteiger partial charge in [-0.1, -0.05) is 25.1 Å². The molecular weight excluding hydrogens is 476 g/mol. The van der Waals surface area contributed by atoms with Gasteiger partial charge in [0, 0.05) is 55.2 Å². The van der Waals surface area contributed by atoms with Crippen LogP contribution in [0.4, 0.5) is 5.69 Å². The largest absolute Gasteiger partial charge is 0.380 e. The highest BCUT2D eigenvalue weighted by atomic mass is 32.2. The second kappa shape index (κ2) is 11.5. The molecule has 0 aliphatic carbocycles. The molecule has 0 aliphatic rings. The number of rotatable bonds is 11. The molecule has 0 spiro atoms. The predicted octanol–water partition coefficient (Wildman–Crippen LogP) is 4.17. The lowest BCUT2D eigenvalue weighted by atomic mass is 10.1. The number of carbonyl (C=O) groups excluding carboxylic acids is 1. The molecule has 0 atom stereocenters. The van der Waals surface area contributed by atoms with E-state index >= 15 is 0 Å². The molecule has 0 fully saturated rings. The van der Waals surface area contributed by atoms with E-state index in [4.69, 9.17) is 4.74 Å². The Labute approximate surface area is 211 Å². The fourth-order valence-electron chi connectivity index (χ4n) is 3.78. The van der Waals surface area contributed by atoms with E-state index in [9.17, 15) is 13.2 Å². The van der Waals surface area contributed by atoms with Gasteiger partial charge in [0.2, 0.25) is 0 Å². The zero-order valence-corrected chi connectivity index (χ0v) is 21.2. The van der Waals surface area contributed by atoms with Crippen LogP contribution in [0.25, 0.3) is 16.9 Å². The number of hydrogen-bond acceptors (Lipinski definition) is 6. The first-order chi connectivity index (χ1) is 17.3. The number of nitrogens with zero attached hydrogens (tertiary/aromatic N) is 2. The number of fused-ring (bicyclic) bond motifs is 1. The number of amides is 1. The number of pyridine rings is 1. The van der Waals surface area contributed by atoms with E-state index in [1.54, 1.807) is 12.1 Å². The Hall–Kier alpha value is -3.53. The van der Waals surface area contributed by atoms with Gasteiger partial charge in [0.1, 0.15) is 5.65 Å². The average Bonchev–Trinajstić information content (AvgIpc) is 3.30. The standard InChI is InChI=1S/C27H30N4O4S/c1-3-15-35-16-13-28-18-21-17-23(36(2,33)34)11-12-24(21)27(32)29-22-9-7-20(8-10-22)25-19-31-14-5-4-6-26(31)30-25/h4-12,14,17,19,28H,3,13,15-16,18H2,1-2H3,(H,29,32). The van der Waals surface area contributed by atoms with Gasteiger partial charge in [-0.05, 0) is 54.4 Å². The van der Waals surface area contributed by atoms with Crippen molar-refractivity contribution in [2.45, 2.75) is 24.8 Å². The van der Waals surface area contributed by atoms with Crippen molar-refractivity contribution >= 4 is 27.1 Å². The average molecular weight is 507 g/mol. The van der Waals surface area contributed by atoms with Crippen LogP contribution in [0.2, 0.25) is 0 Å². The van der Waals surface area contributed by atoms with E-state index in [0.29, 0.717) is 43.1 Å². The first-order valence-corrected chi connectivity index (χ1v) is 13.7. The zero-order valence-electron chi connectivity index (χ0n) is 20.4. The lowest BCUT2D eigenvalue weighted by molar-refractivity contribution is 0.102. The Balaban J connectivity index is 1.48. The maximum Gasteiger partial charge on any atom is 0.255 e. The molecule has 0 bridgehead atoms. The van der Waals surface area contributed by atoms with Crippen LogP contribution in [0, 0.1) is 0 Å². The normalized spacial score (nSPS) is 11.6. The third-order valence-electron chi connectivity index (χ3n) is 5.64. The van der Waals surface area contributed by atoms with E-state index in [-0.39, 0.29) is 10.8 Å². The molecule has 188 valence electrons. The Kier molecular flexibility index (Phi) is 8.14. The lowest BCUT2D eigenvalue weighted by Gasteiger charge is -2.13. The fraction of sp³-hybridized carbons (Fsp3) is 0.259. The van der Waals surface area contributed by atoms with Gasteiger partial charge < -0.3 is 19.8 Å². The number of ether oxygens (including phenoxy) is 1. The van der Waals surface area contributed by atoms with Crippen molar-refractivity contribution in [3.05, 3.63) is 84.2 Å². The highest BCUT2D eigenvalue weighted by Gasteiger charge is 2.16. The van der Waals surface area contributed by atoms with Crippen molar-refractivity contribution in [3.63, 3.8) is 0 Å². The van der Waals surface area contributed by atoms with Gasteiger partial charge >= 0.3 is 0 Å². The minimum absolute atomic E-state index is 0.176. The van der Waals surface area contributed by atoms with Gasteiger partial charge in [0.05, 0.1) is 17.2 Å². The topological polar surface area (TPSA) is 102 Å². The van der Waals surface area contributed by atoms with Crippen molar-refractivity contribution in [3.8, 4) is 11.3 Å². The van der Waals surface area contributed by atoms with Crippen LogP contribution >= 0.6 is 0 Å². The van der Waals surface area contributed by atoms with E-state index in [1.807, 2.05) is 66.2 Å². The fourth-order valence-corrected chi connectivity index (χ4v) is 4.45. The van der Waals surface area contributed by atoms with Crippen molar-refractivity contribution in [1.29, 1.82) is 0 Å². The summed E-state index contributed by atoms with van der Waals surface area (Å²) in [5.74, 6) is -0.311. The minimum Gasteiger partial charge on any atom is -0.380 e. The van der Waals surface area contributed by atoms with Crippen molar-refractivity contribution in [2.75, 3.05) is 31.3 Å². The van der Waals surface area contributed by atoms with Gasteiger partial charge in [0.15, 0.2) is 9.84 Å². The third-order valence-corrected chi connectivity index (χ3v) is 6.75. The molecule has 2 aromatic carbocycles. The highest BCUT2D eigenvalue weighted by Crippen LogP contribution is 2.23. The van der Waals surface area contributed by atoms with E-state index in [0.717, 1.165) is 29.6 Å². The lowest BCUT2D eigenvalue weighted by Crippen LogP contribution is -2.22. The van der Waals surface area contributed by atoms with Crippen LogP contribution in [0.15, 0.2) is 78.0 Å². The summed E-state index contributed by atoms with van der Waals surface area (Å²) >= 11 is 0. The van der Waals surface area contributed by atoms with Crippen molar-refractivity contribution in [2.24, 2.45) is 0 Å². The molecular formula is C27H30N4O4S. The molecule has 0 saturated carbocycles. The summed E-state index contributed by atoms with van der Waals surface area (Å²) in [6.45, 7) is 4.21. The molecule has 8 nitrogen and oxygen atoms in total. The van der Waals surface area contributed by atoms with Crippen LogP contribution in [-0.2, 0) is 21.1 Å². The van der Waals surface area contributed by atoms with E-state index in [2.05, 4.69) is 15.6 Å². The van der Waals surface area contributed by atoms with Crippen LogP contribution in [0.5, 0.6) is 0 Å². The van der Waals surface area contributed by atoms with Crippen LogP contribution in [0.3, 0.4) is 0 Å². The van der Waals surface area contributed by atoms with Crippen LogP contribution in [0.1, 0.15) is 29.3 Å². The van der Waals surface area contributed by atoms with Crippen molar-refractivity contribution < 1.29 is 17.9 Å². The van der Waals surface area contributed by atoms with Gasteiger partial charge in [-0.25, -0.2) is 13.4 Å². The van der Waals surface area contributed by atoms with E-state index < -0.39 is 9.84 Å². The molecule has 2 heterocycles. The monoisotopic (exact) mass is 506 g/mol. The van der Waals surface area contributed by atoms with Crippen LogP contribution < -0.4 is 10.6 Å². The van der Waals surface area contributed by atoms with Gasteiger partial charge in [-0.3, -0.25) is 4.79 Å². The number of imidazole rings is 1. The molecule has 1 amide bonds. The quantitative estimate of drug-likeness (QED) is 0.296. The Morgan fingerprint density at radius 1 is 1.06 bits per heavy atom. The molecule has 2 N–H and O–H groups in total. The molecule has 4 aromatic rings. The minimum atomic E-state index is -3.40. The number of anilines is 1. The smallest absolute Gasteiger partial charge is 0.255 e. The molecule has 4 rings (SSSR count). The summed E-state index contributed by atoms with van der Waals surface area (Å²) in [7, 11) is -3.40. The van der Waals surface area contributed by atoms with Gasteiger partial charge in [0.25, 0.3) is 5.91 Å². The number of carbonyl (C=O) groups is 1. The number of sulfone groups is 1. The predicted molar refractivity (Wildman–Crippen MR) is 141 cm³/mol. The summed E-state index contributed by atoms with van der Waals surface area (Å²) in [4.78, 5) is 17.9. The summed E-state index contributed by atoms with van der Waals surface area (Å²) in [5.41, 5.74) is 4.28. The first kappa shape index (κ1) is 25.6. The maximum atomic E-state index is 13.1. The van der Waals surface area contributed by atoms with Crippen molar-refractivity contribution in [1.82, 2.24) is 14.7 Å². The highest BCUT2D eigenvalue weighted by molar-refractivity contribution is 7.90. The summed E-state index contributed by atoms with van der Waals surface area (Å²) in [6, 6.07) is 17.9. The maximum absolute atomic E-state index is 13.1. The van der Waals surface area contributed by atoms with Crippen LogP contribution in [-0.4, -0.2) is 49.7 Å². The molecule has 2 aromatic heterocycles. The Bertz CT molecular complexity index is 1410.